The second kappa shape index (κ2) is 4.66. The van der Waals surface area contributed by atoms with Gasteiger partial charge in [0.15, 0.2) is 0 Å². The molecular weight excluding hydrogens is 164 g/mol. The zero-order valence-corrected chi connectivity index (χ0v) is 6.26. The molecule has 0 spiro atoms. The van der Waals surface area contributed by atoms with Crippen LogP contribution in [0.25, 0.3) is 0 Å². The molecule has 0 fully saturated rings. The summed E-state index contributed by atoms with van der Waals surface area (Å²) in [5.41, 5.74) is 0. The zero-order valence-electron chi connectivity index (χ0n) is 2.26. The first-order valence-electron chi connectivity index (χ1n) is 0.589. The summed E-state index contributed by atoms with van der Waals surface area (Å²) in [7, 11) is -0.0494. The minimum Gasteiger partial charge on any atom is -0.246 e. The second-order valence-corrected chi connectivity index (χ2v) is 1.87. The molecule has 0 rings (SSSR count). The number of hydrogen-bond acceptors (Lipinski definition) is 2. The first-order valence-corrected chi connectivity index (χ1v) is 3.11. The molecule has 0 aliphatic carbocycles. The van der Waals surface area contributed by atoms with Crippen molar-refractivity contribution in [3.05, 3.63) is 0 Å². The Balaban J connectivity index is 0. The summed E-state index contributed by atoms with van der Waals surface area (Å²) < 4.78 is 17.9. The largest absolute Gasteiger partial charge is 0.271 e. The van der Waals surface area contributed by atoms with Gasteiger partial charge in [-0.25, -0.2) is 9.13 Å². The Morgan fingerprint density at radius 1 is 1.40 bits per heavy atom. The predicted octanol–water partition coefficient (Wildman–Crippen LogP) is -0.138. The fraction of sp³-hybridized carbons (Fsp3) is 0. The van der Waals surface area contributed by atoms with E-state index in [0.29, 0.717) is 0 Å². The van der Waals surface area contributed by atoms with Crippen LogP contribution in [0, 0.1) is 0 Å². The average Bonchev–Trinajstić information content (AvgIpc) is 0.811. The Labute approximate surface area is 44.4 Å². The van der Waals surface area contributed by atoms with Gasteiger partial charge < -0.3 is 0 Å². The summed E-state index contributed by atoms with van der Waals surface area (Å²) in [6.07, 6.45) is 0. The molecule has 0 heterocycles. The van der Waals surface area contributed by atoms with Gasteiger partial charge in [-0.3, -0.25) is 0 Å². The quantitative estimate of drug-likeness (QED) is 0.368. The van der Waals surface area contributed by atoms with E-state index in [1.54, 1.807) is 0 Å². The van der Waals surface area contributed by atoms with E-state index in [1.165, 1.54) is 0 Å². The summed E-state index contributed by atoms with van der Waals surface area (Å²) in [5.74, 6) is 0. The molecule has 0 aliphatic heterocycles. The molecule has 0 aromatic heterocycles. The molecule has 0 aliphatic rings. The zero-order chi connectivity index (χ0) is 3.58. The Morgan fingerprint density at radius 3 is 1.40 bits per heavy atom. The molecular formula is GeO2PSi. The van der Waals surface area contributed by atoms with Crippen LogP contribution in [0.4, 0.5) is 0 Å². The van der Waals surface area contributed by atoms with E-state index in [4.69, 9.17) is 9.13 Å². The Kier molecular flexibility index (Phi) is 8.55. The van der Waals surface area contributed by atoms with Crippen LogP contribution < -0.4 is 0 Å². The van der Waals surface area contributed by atoms with Gasteiger partial charge in [-0.15, -0.1) is 0 Å². The van der Waals surface area contributed by atoms with E-state index in [1.807, 2.05) is 0 Å². The Hall–Kier alpha value is 0.660. The Bertz CT molecular complexity index is 58.0. The van der Waals surface area contributed by atoms with Gasteiger partial charge in [0.25, 0.3) is 7.23 Å². The molecule has 5 heteroatoms. The summed E-state index contributed by atoms with van der Waals surface area (Å²) >= 11 is 0. The fourth-order valence-corrected chi connectivity index (χ4v) is 0. The van der Waals surface area contributed by atoms with Crippen molar-refractivity contribution in [2.24, 2.45) is 0 Å². The third kappa shape index (κ3) is 75.7. The van der Waals surface area contributed by atoms with Gasteiger partial charge in [0.05, 0.1) is 0 Å². The molecule has 0 saturated heterocycles. The van der Waals surface area contributed by atoms with E-state index in [0.717, 1.165) is 0 Å². The van der Waals surface area contributed by atoms with Gasteiger partial charge in [-0.2, -0.15) is 0 Å². The molecule has 0 saturated carbocycles. The molecule has 0 aromatic rings. The summed E-state index contributed by atoms with van der Waals surface area (Å²) in [6, 6.07) is 0. The third-order valence-corrected chi connectivity index (χ3v) is 0. The maximum absolute atomic E-state index is 8.95. The van der Waals surface area contributed by atoms with Gasteiger partial charge in [0.1, 0.15) is 0 Å². The van der Waals surface area contributed by atoms with Crippen LogP contribution in [0.1, 0.15) is 0 Å². The van der Waals surface area contributed by atoms with Crippen LogP contribution in [0.3, 0.4) is 0 Å². The summed E-state index contributed by atoms with van der Waals surface area (Å²) in [4.78, 5) is 0. The van der Waals surface area contributed by atoms with E-state index in [-0.39, 0.29) is 17.6 Å². The molecule has 0 aromatic carbocycles. The van der Waals surface area contributed by atoms with Crippen molar-refractivity contribution in [2.45, 2.75) is 0 Å². The predicted molar refractivity (Wildman–Crippen MR) is 19.8 cm³/mol. The topological polar surface area (TPSA) is 34.1 Å². The van der Waals surface area contributed by atoms with Crippen molar-refractivity contribution in [3.8, 4) is 0 Å². The smallest absolute Gasteiger partial charge is 0.246 e. The monoisotopic (exact) mass is 165 g/mol. The Morgan fingerprint density at radius 2 is 1.40 bits per heavy atom. The van der Waals surface area contributed by atoms with Crippen LogP contribution in [0.2, 0.25) is 0 Å². The first-order chi connectivity index (χ1) is 1.73. The van der Waals surface area contributed by atoms with E-state index in [9.17, 15) is 0 Å². The van der Waals surface area contributed by atoms with Crippen LogP contribution in [0.5, 0.6) is 0 Å². The van der Waals surface area contributed by atoms with Crippen LogP contribution in [-0.4, -0.2) is 27.5 Å². The molecule has 2 nitrogen and oxygen atoms in total. The van der Waals surface area contributed by atoms with Crippen molar-refractivity contribution in [1.29, 1.82) is 0 Å². The molecule has 0 atom stereocenters. The van der Waals surface area contributed by atoms with Crippen LogP contribution in [0.15, 0.2) is 0 Å². The van der Waals surface area contributed by atoms with E-state index in [2.05, 4.69) is 9.91 Å². The van der Waals surface area contributed by atoms with E-state index >= 15 is 0 Å². The van der Waals surface area contributed by atoms with Gasteiger partial charge >= 0.3 is 0 Å². The average molecular weight is 164 g/mol. The molecule has 0 bridgehead atoms. The molecule has 25 valence electrons. The number of hydrogen-bond donors (Lipinski definition) is 0. The molecule has 7 radical (unpaired) electrons. The standard InChI is InChI=1S/Ge.O2PSi/c;1-3(2)4. The van der Waals surface area contributed by atoms with Crippen molar-refractivity contribution >= 4 is 34.7 Å². The third-order valence-electron chi connectivity index (χ3n) is 0. The van der Waals surface area contributed by atoms with Crippen LogP contribution >= 0.6 is 7.23 Å². The van der Waals surface area contributed by atoms with Crippen molar-refractivity contribution < 1.29 is 9.13 Å². The van der Waals surface area contributed by atoms with E-state index < -0.39 is 7.23 Å². The SMILES string of the molecule is O=P(=O)[Si].[Ge]. The summed E-state index contributed by atoms with van der Waals surface area (Å²) in [6.45, 7) is 0. The first kappa shape index (κ1) is 9.18. The molecule has 5 heavy (non-hydrogen) atoms. The van der Waals surface area contributed by atoms with Crippen molar-refractivity contribution in [3.63, 3.8) is 0 Å². The summed E-state index contributed by atoms with van der Waals surface area (Å²) in [5, 5.41) is 0. The maximum Gasteiger partial charge on any atom is 0.271 e. The second-order valence-electron chi connectivity index (χ2n) is 0.257. The minimum absolute atomic E-state index is 0. The van der Waals surface area contributed by atoms with Gasteiger partial charge in [-0.05, 0) is 0 Å². The van der Waals surface area contributed by atoms with Gasteiger partial charge in [0.2, 0.25) is 9.91 Å². The molecule has 0 N–H and O–H groups in total. The molecule has 0 amide bonds. The fourth-order valence-electron chi connectivity index (χ4n) is 0. The van der Waals surface area contributed by atoms with Crippen molar-refractivity contribution in [2.75, 3.05) is 0 Å². The minimum atomic E-state index is -2.31. The molecule has 0 unspecified atom stereocenters. The van der Waals surface area contributed by atoms with Crippen LogP contribution in [-0.2, 0) is 9.13 Å². The van der Waals surface area contributed by atoms with Gasteiger partial charge in [-0.1, -0.05) is 0 Å². The van der Waals surface area contributed by atoms with Crippen molar-refractivity contribution in [1.82, 2.24) is 0 Å². The normalized spacial score (nSPS) is 5.00. The number of rotatable bonds is 0. The maximum atomic E-state index is 8.95. The van der Waals surface area contributed by atoms with Gasteiger partial charge in [0, 0.05) is 17.6 Å².